The second-order valence-corrected chi connectivity index (χ2v) is 6.10. The molecule has 128 valence electrons. The fourth-order valence-electron chi connectivity index (χ4n) is 2.71. The predicted octanol–water partition coefficient (Wildman–Crippen LogP) is 1.89. The summed E-state index contributed by atoms with van der Waals surface area (Å²) in [6.45, 7) is 5.99. The van der Waals surface area contributed by atoms with Crippen LogP contribution < -0.4 is 15.2 Å². The molecule has 1 fully saturated rings. The molecule has 0 radical (unpaired) electrons. The zero-order valence-electron chi connectivity index (χ0n) is 13.8. The third-order valence-electron chi connectivity index (χ3n) is 4.35. The minimum atomic E-state index is -1.07. The lowest BCUT2D eigenvalue weighted by atomic mass is 9.99. The molecule has 6 heteroatoms. The Morgan fingerprint density at radius 2 is 2.09 bits per heavy atom. The zero-order chi connectivity index (χ0) is 16.8. The van der Waals surface area contributed by atoms with Crippen LogP contribution in [-0.4, -0.2) is 49.3 Å². The van der Waals surface area contributed by atoms with E-state index in [0.29, 0.717) is 23.7 Å². The number of benzene rings is 1. The molecule has 0 aliphatic carbocycles. The Kier molecular flexibility index (Phi) is 6.24. The molecule has 0 amide bonds. The van der Waals surface area contributed by atoms with E-state index in [1.807, 2.05) is 0 Å². The largest absolute Gasteiger partial charge is 0.493 e. The highest BCUT2D eigenvalue weighted by Gasteiger charge is 2.18. The molecule has 1 heterocycles. The Morgan fingerprint density at radius 3 is 2.70 bits per heavy atom. The molecule has 0 spiro atoms. The highest BCUT2D eigenvalue weighted by molar-refractivity contribution is 5.75. The smallest absolute Gasteiger partial charge is 0.325 e. The first-order valence-electron chi connectivity index (χ1n) is 8.02. The van der Waals surface area contributed by atoms with Gasteiger partial charge in [0.05, 0.1) is 7.11 Å². The van der Waals surface area contributed by atoms with Crippen LogP contribution >= 0.6 is 0 Å². The Bertz CT molecular complexity index is 527. The molecule has 2 rings (SSSR count). The number of carboxylic acid groups (broad SMARTS) is 1. The monoisotopic (exact) mass is 322 g/mol. The van der Waals surface area contributed by atoms with Crippen molar-refractivity contribution in [1.82, 2.24) is 4.90 Å². The van der Waals surface area contributed by atoms with Crippen molar-refractivity contribution in [3.8, 4) is 11.5 Å². The van der Waals surface area contributed by atoms with Crippen molar-refractivity contribution in [3.63, 3.8) is 0 Å². The maximum atomic E-state index is 11.0. The summed E-state index contributed by atoms with van der Waals surface area (Å²) in [5.41, 5.74) is 6.11. The zero-order valence-corrected chi connectivity index (χ0v) is 13.8. The van der Waals surface area contributed by atoms with Gasteiger partial charge in [-0.15, -0.1) is 0 Å². The van der Waals surface area contributed by atoms with Crippen molar-refractivity contribution < 1.29 is 19.4 Å². The van der Waals surface area contributed by atoms with Gasteiger partial charge in [-0.05, 0) is 49.5 Å². The summed E-state index contributed by atoms with van der Waals surface area (Å²) in [5.74, 6) is 0.865. The minimum Gasteiger partial charge on any atom is -0.493 e. The van der Waals surface area contributed by atoms with E-state index in [2.05, 4.69) is 11.8 Å². The number of piperidine rings is 1. The number of methoxy groups -OCH3 is 1. The normalized spacial score (nSPS) is 17.7. The Labute approximate surface area is 137 Å². The van der Waals surface area contributed by atoms with Gasteiger partial charge in [-0.3, -0.25) is 9.69 Å². The summed E-state index contributed by atoms with van der Waals surface area (Å²) in [6.07, 6.45) is 2.48. The van der Waals surface area contributed by atoms with E-state index in [4.69, 9.17) is 20.3 Å². The van der Waals surface area contributed by atoms with Crippen LogP contribution in [0.4, 0.5) is 0 Å². The molecule has 0 saturated carbocycles. The third kappa shape index (κ3) is 4.84. The first-order chi connectivity index (χ1) is 11.0. The number of hydrogen-bond acceptors (Lipinski definition) is 5. The van der Waals surface area contributed by atoms with Crippen molar-refractivity contribution in [3.05, 3.63) is 23.8 Å². The fraction of sp³-hybridized carbons (Fsp3) is 0.588. The van der Waals surface area contributed by atoms with Gasteiger partial charge in [-0.1, -0.05) is 13.0 Å². The van der Waals surface area contributed by atoms with Gasteiger partial charge in [-0.25, -0.2) is 0 Å². The van der Waals surface area contributed by atoms with E-state index in [9.17, 15) is 4.79 Å². The molecular weight excluding hydrogens is 296 g/mol. The van der Waals surface area contributed by atoms with E-state index in [1.165, 1.54) is 20.0 Å². The average molecular weight is 322 g/mol. The number of likely N-dealkylation sites (tertiary alicyclic amines) is 1. The maximum Gasteiger partial charge on any atom is 0.325 e. The molecule has 0 aromatic heterocycles. The van der Waals surface area contributed by atoms with Crippen LogP contribution in [0.3, 0.4) is 0 Å². The summed E-state index contributed by atoms with van der Waals surface area (Å²) in [5, 5.41) is 8.97. The first kappa shape index (κ1) is 17.6. The molecule has 3 N–H and O–H groups in total. The van der Waals surface area contributed by atoms with Crippen LogP contribution in [0.25, 0.3) is 0 Å². The van der Waals surface area contributed by atoms with Crippen molar-refractivity contribution in [2.24, 2.45) is 11.7 Å². The topological polar surface area (TPSA) is 85.0 Å². The summed E-state index contributed by atoms with van der Waals surface area (Å²) < 4.78 is 11.1. The standard InChI is InChI=1S/C17H26N2O4/c1-12-5-7-19(8-6-12)9-10-23-14-4-3-13(11-15(14)22-2)16(18)17(20)21/h3-4,11-12,16H,5-10,18H2,1-2H3,(H,20,21)/t16-/m0/s1. The van der Waals surface area contributed by atoms with Gasteiger partial charge in [0.1, 0.15) is 12.6 Å². The van der Waals surface area contributed by atoms with Crippen LogP contribution in [0, 0.1) is 5.92 Å². The van der Waals surface area contributed by atoms with E-state index in [1.54, 1.807) is 18.2 Å². The lowest BCUT2D eigenvalue weighted by Gasteiger charge is -2.30. The molecule has 0 bridgehead atoms. The third-order valence-corrected chi connectivity index (χ3v) is 4.35. The molecule has 1 aliphatic heterocycles. The SMILES string of the molecule is COc1cc([C@H](N)C(=O)O)ccc1OCCN1CCC(C)CC1. The lowest BCUT2D eigenvalue weighted by molar-refractivity contribution is -0.138. The number of rotatable bonds is 7. The van der Waals surface area contributed by atoms with Gasteiger partial charge in [0.2, 0.25) is 0 Å². The molecular formula is C17H26N2O4. The van der Waals surface area contributed by atoms with Gasteiger partial charge < -0.3 is 20.3 Å². The minimum absolute atomic E-state index is 0.492. The van der Waals surface area contributed by atoms with Crippen molar-refractivity contribution in [2.45, 2.75) is 25.8 Å². The number of nitrogens with zero attached hydrogens (tertiary/aromatic N) is 1. The maximum absolute atomic E-state index is 11.0. The quantitative estimate of drug-likeness (QED) is 0.797. The summed E-state index contributed by atoms with van der Waals surface area (Å²) >= 11 is 0. The Morgan fingerprint density at radius 1 is 1.39 bits per heavy atom. The summed E-state index contributed by atoms with van der Waals surface area (Å²) in [7, 11) is 1.53. The second kappa shape index (κ2) is 8.17. The van der Waals surface area contributed by atoms with E-state index in [0.717, 1.165) is 25.6 Å². The number of carboxylic acids is 1. The second-order valence-electron chi connectivity index (χ2n) is 6.10. The van der Waals surface area contributed by atoms with E-state index < -0.39 is 12.0 Å². The van der Waals surface area contributed by atoms with Gasteiger partial charge in [0.25, 0.3) is 0 Å². The number of aliphatic carboxylic acids is 1. The van der Waals surface area contributed by atoms with Crippen LogP contribution in [0.2, 0.25) is 0 Å². The number of nitrogens with two attached hydrogens (primary N) is 1. The number of carbonyl (C=O) groups is 1. The fourth-order valence-corrected chi connectivity index (χ4v) is 2.71. The molecule has 1 atom stereocenters. The van der Waals surface area contributed by atoms with Gasteiger partial charge in [0, 0.05) is 6.54 Å². The molecule has 1 aliphatic rings. The van der Waals surface area contributed by atoms with E-state index in [-0.39, 0.29) is 0 Å². The van der Waals surface area contributed by atoms with Crippen molar-refractivity contribution in [2.75, 3.05) is 33.4 Å². The lowest BCUT2D eigenvalue weighted by Crippen LogP contribution is -2.35. The van der Waals surface area contributed by atoms with Crippen molar-refractivity contribution >= 4 is 5.97 Å². The summed E-state index contributed by atoms with van der Waals surface area (Å²) in [6, 6.07) is 3.94. The van der Waals surface area contributed by atoms with Crippen molar-refractivity contribution in [1.29, 1.82) is 0 Å². The average Bonchev–Trinajstić information content (AvgIpc) is 2.56. The van der Waals surface area contributed by atoms with Crippen LogP contribution in [0.1, 0.15) is 31.4 Å². The van der Waals surface area contributed by atoms with Gasteiger partial charge in [-0.2, -0.15) is 0 Å². The Balaban J connectivity index is 1.90. The molecule has 1 aromatic carbocycles. The first-order valence-corrected chi connectivity index (χ1v) is 8.02. The molecule has 1 saturated heterocycles. The van der Waals surface area contributed by atoms with Gasteiger partial charge >= 0.3 is 5.97 Å². The predicted molar refractivity (Wildman–Crippen MR) is 87.9 cm³/mol. The molecule has 6 nitrogen and oxygen atoms in total. The molecule has 1 aromatic rings. The van der Waals surface area contributed by atoms with E-state index >= 15 is 0 Å². The van der Waals surface area contributed by atoms with Crippen LogP contribution in [-0.2, 0) is 4.79 Å². The van der Waals surface area contributed by atoms with Crippen LogP contribution in [0.5, 0.6) is 11.5 Å². The number of hydrogen-bond donors (Lipinski definition) is 2. The molecule has 23 heavy (non-hydrogen) atoms. The summed E-state index contributed by atoms with van der Waals surface area (Å²) in [4.78, 5) is 13.4. The number of ether oxygens (including phenoxy) is 2. The van der Waals surface area contributed by atoms with Crippen LogP contribution in [0.15, 0.2) is 18.2 Å². The highest BCUT2D eigenvalue weighted by atomic mass is 16.5. The molecule has 0 unspecified atom stereocenters. The van der Waals surface area contributed by atoms with Gasteiger partial charge in [0.15, 0.2) is 11.5 Å². The Hall–Kier alpha value is -1.79. The highest BCUT2D eigenvalue weighted by Crippen LogP contribution is 2.30.